The molecule has 0 radical (unpaired) electrons. The summed E-state index contributed by atoms with van der Waals surface area (Å²) in [5.41, 5.74) is 1.07. The van der Waals surface area contributed by atoms with Crippen molar-refractivity contribution in [1.29, 1.82) is 0 Å². The molecule has 20 heavy (non-hydrogen) atoms. The van der Waals surface area contributed by atoms with E-state index in [2.05, 4.69) is 45.0 Å². The lowest BCUT2D eigenvalue weighted by Gasteiger charge is -2.03. The Labute approximate surface area is 123 Å². The molecule has 110 valence electrons. The lowest BCUT2D eigenvalue weighted by molar-refractivity contribution is 0.458. The summed E-state index contributed by atoms with van der Waals surface area (Å²) in [6.07, 6.45) is 0.863. The van der Waals surface area contributed by atoms with E-state index in [1.54, 1.807) is 11.3 Å². The Bertz CT molecular complexity index is 522. The van der Waals surface area contributed by atoms with Crippen LogP contribution in [0.4, 0.5) is 6.01 Å². The summed E-state index contributed by atoms with van der Waals surface area (Å²) < 4.78 is 5.50. The van der Waals surface area contributed by atoms with E-state index in [1.807, 2.05) is 6.92 Å². The molecular formula is C13H21N5OS. The zero-order valence-corrected chi connectivity index (χ0v) is 13.0. The topological polar surface area (TPSA) is 75.9 Å². The highest BCUT2D eigenvalue weighted by Gasteiger charge is 2.06. The Morgan fingerprint density at radius 1 is 1.35 bits per heavy atom. The summed E-state index contributed by atoms with van der Waals surface area (Å²) in [6, 6.07) is 0.472. The van der Waals surface area contributed by atoms with Crippen molar-refractivity contribution < 1.29 is 4.42 Å². The highest BCUT2D eigenvalue weighted by atomic mass is 32.1. The van der Waals surface area contributed by atoms with E-state index in [0.717, 1.165) is 30.2 Å². The van der Waals surface area contributed by atoms with E-state index in [0.29, 0.717) is 24.4 Å². The zero-order valence-electron chi connectivity index (χ0n) is 12.1. The van der Waals surface area contributed by atoms with Crippen molar-refractivity contribution in [3.8, 4) is 0 Å². The van der Waals surface area contributed by atoms with Crippen molar-refractivity contribution >= 4 is 17.4 Å². The van der Waals surface area contributed by atoms with E-state index in [-0.39, 0.29) is 0 Å². The Balaban J connectivity index is 1.69. The molecule has 7 heteroatoms. The second-order valence-corrected chi connectivity index (χ2v) is 6.03. The fourth-order valence-corrected chi connectivity index (χ4v) is 2.43. The van der Waals surface area contributed by atoms with Crippen molar-refractivity contribution in [1.82, 2.24) is 20.5 Å². The molecule has 0 bridgehead atoms. The van der Waals surface area contributed by atoms with Gasteiger partial charge in [0.1, 0.15) is 0 Å². The first kappa shape index (κ1) is 14.9. The number of anilines is 1. The molecule has 2 heterocycles. The number of nitrogens with zero attached hydrogens (tertiary/aromatic N) is 3. The van der Waals surface area contributed by atoms with Gasteiger partial charge in [0.2, 0.25) is 5.89 Å². The van der Waals surface area contributed by atoms with Crippen LogP contribution in [0.25, 0.3) is 0 Å². The minimum absolute atomic E-state index is 0.472. The maximum Gasteiger partial charge on any atom is 0.315 e. The third-order valence-corrected chi connectivity index (χ3v) is 3.60. The van der Waals surface area contributed by atoms with E-state index < -0.39 is 0 Å². The summed E-state index contributed by atoms with van der Waals surface area (Å²) in [4.78, 5) is 4.41. The van der Waals surface area contributed by atoms with Crippen molar-refractivity contribution in [3.63, 3.8) is 0 Å². The molecule has 0 spiro atoms. The van der Waals surface area contributed by atoms with Crippen LogP contribution >= 0.6 is 11.3 Å². The van der Waals surface area contributed by atoms with Gasteiger partial charge < -0.3 is 15.1 Å². The van der Waals surface area contributed by atoms with E-state index in [9.17, 15) is 0 Å². The fourth-order valence-electron chi connectivity index (χ4n) is 1.66. The maximum absolute atomic E-state index is 5.50. The second kappa shape index (κ2) is 7.35. The van der Waals surface area contributed by atoms with Crippen LogP contribution in [0.1, 0.15) is 30.4 Å². The van der Waals surface area contributed by atoms with Crippen LogP contribution in [0.15, 0.2) is 9.80 Å². The minimum atomic E-state index is 0.472. The van der Waals surface area contributed by atoms with Gasteiger partial charge >= 0.3 is 6.01 Å². The molecule has 0 aliphatic carbocycles. The molecule has 0 saturated heterocycles. The van der Waals surface area contributed by atoms with Crippen LogP contribution in [0, 0.1) is 12.8 Å². The molecule has 2 N–H and O–H groups in total. The molecule has 2 rings (SSSR count). The highest BCUT2D eigenvalue weighted by Crippen LogP contribution is 2.10. The largest absolute Gasteiger partial charge is 0.407 e. The first-order chi connectivity index (χ1) is 9.63. The first-order valence-electron chi connectivity index (χ1n) is 6.81. The van der Waals surface area contributed by atoms with Gasteiger partial charge in [0.25, 0.3) is 0 Å². The Morgan fingerprint density at radius 3 is 2.90 bits per heavy atom. The van der Waals surface area contributed by atoms with Gasteiger partial charge in [0.15, 0.2) is 0 Å². The maximum atomic E-state index is 5.50. The van der Waals surface area contributed by atoms with Crippen LogP contribution in [0.2, 0.25) is 0 Å². The van der Waals surface area contributed by atoms with E-state index in [1.165, 1.54) is 0 Å². The molecule has 2 aromatic heterocycles. The summed E-state index contributed by atoms with van der Waals surface area (Å²) in [7, 11) is 0. The number of thiazole rings is 1. The van der Waals surface area contributed by atoms with Crippen LogP contribution in [-0.2, 0) is 13.0 Å². The van der Waals surface area contributed by atoms with Crippen LogP contribution in [0.3, 0.4) is 0 Å². The summed E-state index contributed by atoms with van der Waals surface area (Å²) in [6.45, 7) is 8.62. The number of aryl methyl sites for hydroxylation is 1. The van der Waals surface area contributed by atoms with Crippen molar-refractivity contribution in [2.45, 2.75) is 33.7 Å². The number of aromatic nitrogens is 3. The first-order valence-corrected chi connectivity index (χ1v) is 7.69. The van der Waals surface area contributed by atoms with Gasteiger partial charge in [-0.05, 0) is 19.4 Å². The Morgan fingerprint density at radius 2 is 2.20 bits per heavy atom. The van der Waals surface area contributed by atoms with Crippen molar-refractivity contribution in [2.24, 2.45) is 5.92 Å². The lowest BCUT2D eigenvalue weighted by Crippen LogP contribution is -2.19. The molecular weight excluding hydrogens is 274 g/mol. The van der Waals surface area contributed by atoms with Crippen LogP contribution in [0.5, 0.6) is 0 Å². The number of rotatable bonds is 8. The molecule has 2 aromatic rings. The summed E-state index contributed by atoms with van der Waals surface area (Å²) in [5.74, 6) is 1.22. The van der Waals surface area contributed by atoms with E-state index in [4.69, 9.17) is 4.42 Å². The van der Waals surface area contributed by atoms with Crippen molar-refractivity contribution in [3.05, 3.63) is 22.0 Å². The van der Waals surface area contributed by atoms with Gasteiger partial charge in [-0.2, -0.15) is 0 Å². The number of hydrogen-bond donors (Lipinski definition) is 2. The van der Waals surface area contributed by atoms with Gasteiger partial charge in [0, 0.05) is 24.0 Å². The van der Waals surface area contributed by atoms with Gasteiger partial charge in [-0.3, -0.25) is 0 Å². The predicted octanol–water partition coefficient (Wildman–Crippen LogP) is 2.23. The van der Waals surface area contributed by atoms with Gasteiger partial charge in [-0.25, -0.2) is 4.98 Å². The minimum Gasteiger partial charge on any atom is -0.407 e. The van der Waals surface area contributed by atoms with Gasteiger partial charge in [-0.1, -0.05) is 18.9 Å². The average molecular weight is 295 g/mol. The molecule has 0 amide bonds. The third-order valence-electron chi connectivity index (χ3n) is 2.58. The monoisotopic (exact) mass is 295 g/mol. The van der Waals surface area contributed by atoms with Gasteiger partial charge in [-0.15, -0.1) is 16.4 Å². The van der Waals surface area contributed by atoms with Crippen molar-refractivity contribution in [2.75, 3.05) is 18.4 Å². The molecule has 6 nitrogen and oxygen atoms in total. The van der Waals surface area contributed by atoms with Crippen LogP contribution < -0.4 is 10.6 Å². The lowest BCUT2D eigenvalue weighted by atomic mass is 10.2. The average Bonchev–Trinajstić information content (AvgIpc) is 2.99. The quantitative estimate of drug-likeness (QED) is 0.778. The Hall–Kier alpha value is -1.47. The molecule has 0 aliphatic heterocycles. The smallest absolute Gasteiger partial charge is 0.315 e. The normalized spacial score (nSPS) is 11.2. The SMILES string of the molecule is Cc1csc(CCNc2nnc(CNCC(C)C)o2)n1. The van der Waals surface area contributed by atoms with E-state index >= 15 is 0 Å². The molecule has 0 fully saturated rings. The third kappa shape index (κ3) is 4.90. The zero-order chi connectivity index (χ0) is 14.4. The fraction of sp³-hybridized carbons (Fsp3) is 0.615. The van der Waals surface area contributed by atoms with Crippen LogP contribution in [-0.4, -0.2) is 28.3 Å². The molecule has 0 aliphatic rings. The summed E-state index contributed by atoms with van der Waals surface area (Å²) in [5, 5.41) is 17.5. The molecule has 0 unspecified atom stereocenters. The number of hydrogen-bond acceptors (Lipinski definition) is 7. The summed E-state index contributed by atoms with van der Waals surface area (Å²) >= 11 is 1.68. The number of nitrogens with one attached hydrogen (secondary N) is 2. The predicted molar refractivity (Wildman–Crippen MR) is 79.9 cm³/mol. The molecule has 0 saturated carbocycles. The molecule has 0 atom stereocenters. The highest BCUT2D eigenvalue weighted by molar-refractivity contribution is 7.09. The van der Waals surface area contributed by atoms with Gasteiger partial charge in [0.05, 0.1) is 11.6 Å². The standard InChI is InChI=1S/C13H21N5OS/c1-9(2)6-14-7-11-17-18-13(19-11)15-5-4-12-16-10(3)8-20-12/h8-9,14H,4-7H2,1-3H3,(H,15,18). The Kier molecular flexibility index (Phi) is 5.49. The molecule has 0 aromatic carbocycles. The second-order valence-electron chi connectivity index (χ2n) is 5.09.